The van der Waals surface area contributed by atoms with E-state index in [9.17, 15) is 0 Å². The van der Waals surface area contributed by atoms with Gasteiger partial charge in [0.15, 0.2) is 0 Å². The Morgan fingerprint density at radius 3 is 1.40 bits per heavy atom. The van der Waals surface area contributed by atoms with Crippen LogP contribution in [-0.4, -0.2) is 20.0 Å². The van der Waals surface area contributed by atoms with Crippen molar-refractivity contribution in [3.63, 3.8) is 0 Å². The summed E-state index contributed by atoms with van der Waals surface area (Å²) in [4.78, 5) is 5.11. The van der Waals surface area contributed by atoms with Crippen molar-refractivity contribution in [3.8, 4) is 0 Å². The topological polar surface area (TPSA) is 6.48 Å². The van der Waals surface area contributed by atoms with Gasteiger partial charge in [0, 0.05) is 0 Å². The fraction of sp³-hybridized carbons (Fsp3) is 0.222. The van der Waals surface area contributed by atoms with Gasteiger partial charge < -0.3 is 0 Å². The SMILES string of the molecule is Cc1ccc2c([c]1[Zr]([c]1c(C)ccc3c1C1=Cc4ccccc4C1N3C)[SiH](C)C)C1=Cc3ccccc3C1N2C.Cl.Cl. The summed E-state index contributed by atoms with van der Waals surface area (Å²) in [6.07, 6.45) is 5.02. The minimum absolute atomic E-state index is 0. The van der Waals surface area contributed by atoms with Gasteiger partial charge >= 0.3 is 248 Å². The Bertz CT molecular complexity index is 1700. The molecule has 0 amide bonds. The molecule has 2 unspecified atom stereocenters. The van der Waals surface area contributed by atoms with E-state index in [0.717, 1.165) is 0 Å². The molecule has 213 valence electrons. The second kappa shape index (κ2) is 10.7. The number of aryl methyl sites for hydroxylation is 2. The molecule has 2 atom stereocenters. The van der Waals surface area contributed by atoms with E-state index in [1.54, 1.807) is 17.7 Å². The van der Waals surface area contributed by atoms with E-state index in [4.69, 9.17) is 0 Å². The third kappa shape index (κ3) is 3.91. The molecule has 0 spiro atoms. The maximum absolute atomic E-state index is 2.65. The number of rotatable bonds is 3. The molecule has 0 N–H and O–H groups in total. The molecule has 2 aliphatic heterocycles. The number of likely N-dealkylation sites (N-methyl/N-ethyl adjacent to an activating group) is 2. The molecule has 2 nitrogen and oxygen atoms in total. The number of anilines is 2. The maximum Gasteiger partial charge on any atom is -0.147 e. The first kappa shape index (κ1) is 29.7. The van der Waals surface area contributed by atoms with E-state index >= 15 is 0 Å². The standard InChI is InChI=1S/2C17H14N.C2H7Si.2ClH.Zr/c2*1-11-7-8-16-14(9-11)15-10-12-5-3-4-6-13(12)17(15)18(16)2;1-3-2;;;/h2*3-8,10,17H,1-2H3;3H,1-2H3;2*1H;. The first-order chi connectivity index (χ1) is 19.4. The zero-order chi connectivity index (χ0) is 27.4. The normalized spacial score (nSPS) is 18.3. The van der Waals surface area contributed by atoms with Gasteiger partial charge in [-0.2, -0.15) is 0 Å². The summed E-state index contributed by atoms with van der Waals surface area (Å²) in [6.45, 7) is 10.1. The molecule has 2 aliphatic carbocycles. The molecule has 42 heavy (non-hydrogen) atoms. The van der Waals surface area contributed by atoms with Crippen molar-refractivity contribution in [2.24, 2.45) is 0 Å². The summed E-state index contributed by atoms with van der Waals surface area (Å²) in [7, 11) is 4.62. The van der Waals surface area contributed by atoms with Gasteiger partial charge in [-0.1, -0.05) is 0 Å². The van der Waals surface area contributed by atoms with Gasteiger partial charge in [0.2, 0.25) is 0 Å². The number of nitrogens with zero attached hydrogens (tertiary/aromatic N) is 2. The summed E-state index contributed by atoms with van der Waals surface area (Å²) in [5, 5.41) is 0. The van der Waals surface area contributed by atoms with E-state index in [2.05, 4.69) is 136 Å². The molecule has 0 saturated carbocycles. The van der Waals surface area contributed by atoms with Crippen LogP contribution in [0.25, 0.3) is 23.3 Å². The van der Waals surface area contributed by atoms with Crippen LogP contribution in [0.2, 0.25) is 13.1 Å². The van der Waals surface area contributed by atoms with Crippen molar-refractivity contribution in [2.75, 3.05) is 23.9 Å². The Morgan fingerprint density at radius 1 is 0.595 bits per heavy atom. The van der Waals surface area contributed by atoms with Crippen molar-refractivity contribution in [2.45, 2.75) is 39.0 Å². The fourth-order valence-electron chi connectivity index (χ4n) is 8.10. The molecule has 0 saturated heterocycles. The second-order valence-electron chi connectivity index (χ2n) is 12.4. The van der Waals surface area contributed by atoms with E-state index in [0.29, 0.717) is 12.1 Å². The van der Waals surface area contributed by atoms with E-state index < -0.39 is 26.8 Å². The molecule has 0 fully saturated rings. The van der Waals surface area contributed by atoms with Crippen molar-refractivity contribution in [1.29, 1.82) is 0 Å². The minimum Gasteiger partial charge on any atom is -0.147 e. The quantitative estimate of drug-likeness (QED) is 0.203. The van der Waals surface area contributed by atoms with E-state index in [1.165, 1.54) is 55.9 Å². The van der Waals surface area contributed by atoms with Gasteiger partial charge in [0.05, 0.1) is 0 Å². The zero-order valence-electron chi connectivity index (χ0n) is 25.0. The summed E-state index contributed by atoms with van der Waals surface area (Å²) >= 11 is -2.36. The van der Waals surface area contributed by atoms with Crippen molar-refractivity contribution in [1.82, 2.24) is 0 Å². The predicted octanol–water partition coefficient (Wildman–Crippen LogP) is 7.79. The molecule has 4 aromatic rings. The summed E-state index contributed by atoms with van der Waals surface area (Å²) in [5.41, 5.74) is 17.9. The first-order valence-corrected chi connectivity index (χ1v) is 24.2. The second-order valence-corrected chi connectivity index (χ2v) is 31.1. The third-order valence-electron chi connectivity index (χ3n) is 9.80. The summed E-state index contributed by atoms with van der Waals surface area (Å²) in [6, 6.07) is 28.4. The van der Waals surface area contributed by atoms with E-state index in [-0.39, 0.29) is 24.8 Å². The van der Waals surface area contributed by atoms with Crippen LogP contribution in [0.4, 0.5) is 11.4 Å². The fourth-order valence-corrected chi connectivity index (χ4v) is 27.9. The van der Waals surface area contributed by atoms with Gasteiger partial charge in [-0.15, -0.1) is 24.8 Å². The largest absolute Gasteiger partial charge is 0.147 e. The van der Waals surface area contributed by atoms with Crippen LogP contribution in [0.3, 0.4) is 0 Å². The molecular formula is C36H37Cl2N2SiZr. The molecule has 0 bridgehead atoms. The first-order valence-electron chi connectivity index (χ1n) is 14.6. The molecule has 0 aromatic heterocycles. The van der Waals surface area contributed by atoms with Crippen molar-refractivity contribution >= 4 is 72.0 Å². The molecule has 4 aliphatic rings. The van der Waals surface area contributed by atoms with Crippen LogP contribution in [0.15, 0.2) is 72.8 Å². The smallest absolute Gasteiger partial charge is 0.147 e. The number of hydrogen-bond acceptors (Lipinski definition) is 2. The minimum atomic E-state index is -2.36. The van der Waals surface area contributed by atoms with Crippen molar-refractivity contribution in [3.05, 3.63) is 117 Å². The van der Waals surface area contributed by atoms with Gasteiger partial charge in [-0.25, -0.2) is 0 Å². The summed E-state index contributed by atoms with van der Waals surface area (Å²) < 4.78 is 3.54. The number of halogens is 2. The Kier molecular flexibility index (Phi) is 7.54. The summed E-state index contributed by atoms with van der Waals surface area (Å²) in [5.74, 6) is -1.03. The molecular weight excluding hydrogens is 651 g/mol. The molecule has 6 heteroatoms. The third-order valence-corrected chi connectivity index (χ3v) is 28.7. The number of hydrogen-bond donors (Lipinski definition) is 0. The van der Waals surface area contributed by atoms with Gasteiger partial charge in [-0.05, 0) is 0 Å². The van der Waals surface area contributed by atoms with Crippen LogP contribution in [0, 0.1) is 13.8 Å². The predicted molar refractivity (Wildman–Crippen MR) is 186 cm³/mol. The Hall–Kier alpha value is -2.36. The van der Waals surface area contributed by atoms with Crippen LogP contribution in [-0.2, 0) is 20.9 Å². The van der Waals surface area contributed by atoms with Crippen LogP contribution < -0.4 is 16.3 Å². The molecule has 2 heterocycles. The van der Waals surface area contributed by atoms with Crippen molar-refractivity contribution < 1.29 is 20.9 Å². The monoisotopic (exact) mass is 685 g/mol. The van der Waals surface area contributed by atoms with Gasteiger partial charge in [0.1, 0.15) is 0 Å². The van der Waals surface area contributed by atoms with Crippen LogP contribution in [0.1, 0.15) is 56.6 Å². The zero-order valence-corrected chi connectivity index (χ0v) is 30.3. The number of benzene rings is 4. The maximum atomic E-state index is 2.65. The van der Waals surface area contributed by atoms with Gasteiger partial charge in [-0.3, -0.25) is 0 Å². The average molecular weight is 688 g/mol. The Morgan fingerprint density at radius 2 is 1.00 bits per heavy atom. The van der Waals surface area contributed by atoms with Crippen LogP contribution in [0.5, 0.6) is 0 Å². The van der Waals surface area contributed by atoms with Gasteiger partial charge in [0.25, 0.3) is 0 Å². The number of fused-ring (bicyclic) bond motifs is 10. The Labute approximate surface area is 271 Å². The molecule has 8 rings (SSSR count). The molecule has 4 aromatic carbocycles. The molecule has 0 radical (unpaired) electrons. The Balaban J connectivity index is 0.00000158. The van der Waals surface area contributed by atoms with E-state index in [1.807, 2.05) is 0 Å². The van der Waals surface area contributed by atoms with Crippen LogP contribution >= 0.6 is 24.8 Å². The average Bonchev–Trinajstić information content (AvgIpc) is 3.65.